The van der Waals surface area contributed by atoms with Crippen molar-refractivity contribution in [2.24, 2.45) is 0 Å². The molecule has 0 bridgehead atoms. The van der Waals surface area contributed by atoms with Gasteiger partial charge in [0.15, 0.2) is 5.82 Å². The minimum Gasteiger partial charge on any atom is -0.478 e. The second-order valence-corrected chi connectivity index (χ2v) is 10.6. The van der Waals surface area contributed by atoms with Crippen LogP contribution >= 0.6 is 0 Å². The Kier molecular flexibility index (Phi) is 9.18. The van der Waals surface area contributed by atoms with Crippen molar-refractivity contribution in [1.29, 1.82) is 0 Å². The van der Waals surface area contributed by atoms with E-state index in [2.05, 4.69) is 10.1 Å². The summed E-state index contributed by atoms with van der Waals surface area (Å²) >= 11 is 0. The number of hydrogen-bond acceptors (Lipinski definition) is 5. The maximum atomic E-state index is 13.8. The highest BCUT2D eigenvalue weighted by molar-refractivity contribution is 5.94. The lowest BCUT2D eigenvalue weighted by molar-refractivity contribution is -0.138. The highest BCUT2D eigenvalue weighted by atomic mass is 19.4. The number of carboxylic acid groups (broad SMARTS) is 1. The molecule has 1 amide bonds. The van der Waals surface area contributed by atoms with Gasteiger partial charge in [-0.1, -0.05) is 65.8 Å². The zero-order chi connectivity index (χ0) is 33.8. The SMILES string of the molecule is O=C(O)c1ccc(C(F)(F)F)cc1.O=C1N(Cc2noc(-c3ccc(C(F)(F)F)cc3)n2)CCC1(c1ccccc1)c1ccccc1. The number of carbonyl (C=O) groups excluding carboxylic acids is 1. The minimum absolute atomic E-state index is 0.0502. The molecule has 0 unspecified atom stereocenters. The Labute approximate surface area is 264 Å². The van der Waals surface area contributed by atoms with Crippen LogP contribution in [0, 0.1) is 0 Å². The van der Waals surface area contributed by atoms with Crippen LogP contribution in [-0.4, -0.2) is 38.6 Å². The number of likely N-dealkylation sites (tertiary alicyclic amines) is 1. The number of benzene rings is 4. The van der Waals surface area contributed by atoms with Crippen LogP contribution in [0.4, 0.5) is 26.3 Å². The van der Waals surface area contributed by atoms with Crippen molar-refractivity contribution in [2.75, 3.05) is 6.54 Å². The Morgan fingerprint density at radius 1 is 0.766 bits per heavy atom. The monoisotopic (exact) mass is 653 g/mol. The zero-order valence-corrected chi connectivity index (χ0v) is 24.3. The molecule has 47 heavy (non-hydrogen) atoms. The van der Waals surface area contributed by atoms with Crippen molar-refractivity contribution >= 4 is 11.9 Å². The first kappa shape index (κ1) is 32.9. The van der Waals surface area contributed by atoms with Crippen LogP contribution in [0.25, 0.3) is 11.5 Å². The number of aromatic carboxylic acids is 1. The number of carboxylic acids is 1. The van der Waals surface area contributed by atoms with Gasteiger partial charge in [0.05, 0.1) is 23.2 Å². The fourth-order valence-electron chi connectivity index (χ4n) is 5.29. The molecular formula is C34H25F6N3O4. The van der Waals surface area contributed by atoms with Crippen LogP contribution in [0.15, 0.2) is 114 Å². The van der Waals surface area contributed by atoms with Crippen LogP contribution in [0.5, 0.6) is 0 Å². The van der Waals surface area contributed by atoms with Gasteiger partial charge in [-0.25, -0.2) is 4.79 Å². The lowest BCUT2D eigenvalue weighted by Crippen LogP contribution is -2.38. The first-order valence-electron chi connectivity index (χ1n) is 14.1. The third-order valence-electron chi connectivity index (χ3n) is 7.66. The van der Waals surface area contributed by atoms with E-state index in [4.69, 9.17) is 9.63 Å². The van der Waals surface area contributed by atoms with Gasteiger partial charge >= 0.3 is 18.3 Å². The van der Waals surface area contributed by atoms with Crippen LogP contribution < -0.4 is 0 Å². The van der Waals surface area contributed by atoms with Crippen LogP contribution in [0.2, 0.25) is 0 Å². The molecule has 5 aromatic rings. The van der Waals surface area contributed by atoms with Gasteiger partial charge in [-0.3, -0.25) is 4.79 Å². The first-order chi connectivity index (χ1) is 22.3. The molecule has 1 saturated heterocycles. The summed E-state index contributed by atoms with van der Waals surface area (Å²) in [5, 5.41) is 12.3. The summed E-state index contributed by atoms with van der Waals surface area (Å²) in [6, 6.07) is 27.2. The predicted octanol–water partition coefficient (Wildman–Crippen LogP) is 7.88. The molecule has 0 saturated carbocycles. The maximum absolute atomic E-state index is 13.8. The van der Waals surface area contributed by atoms with Crippen molar-refractivity contribution in [1.82, 2.24) is 15.0 Å². The number of aromatic nitrogens is 2. The van der Waals surface area contributed by atoms with E-state index >= 15 is 0 Å². The summed E-state index contributed by atoms with van der Waals surface area (Å²) in [6.07, 6.45) is -8.24. The number of carbonyl (C=O) groups is 2. The average Bonchev–Trinajstić information content (AvgIpc) is 3.66. The van der Waals surface area contributed by atoms with E-state index in [-0.39, 0.29) is 23.9 Å². The smallest absolute Gasteiger partial charge is 0.416 e. The molecule has 4 aromatic carbocycles. The van der Waals surface area contributed by atoms with Crippen molar-refractivity contribution in [3.63, 3.8) is 0 Å². The standard InChI is InChI=1S/C26H20F3N3O2.C8H5F3O2/c27-26(28,29)21-13-11-18(12-14-21)23-30-22(31-34-23)17-32-16-15-25(24(32)33,19-7-3-1-4-8-19)20-9-5-2-6-10-20;9-8(10,11)6-3-1-5(2-4-6)7(12)13/h1-14H,15-17H2;1-4H,(H,12,13). The Bertz CT molecular complexity index is 1780. The molecule has 242 valence electrons. The number of rotatable bonds is 6. The molecule has 6 rings (SSSR count). The second kappa shape index (κ2) is 13.1. The summed E-state index contributed by atoms with van der Waals surface area (Å²) in [7, 11) is 0. The summed E-state index contributed by atoms with van der Waals surface area (Å²) in [6.45, 7) is 0.650. The first-order valence-corrected chi connectivity index (χ1v) is 14.1. The topological polar surface area (TPSA) is 96.5 Å². The van der Waals surface area contributed by atoms with Crippen LogP contribution in [0.1, 0.15) is 44.9 Å². The molecule has 13 heteroatoms. The Morgan fingerprint density at radius 3 is 1.72 bits per heavy atom. The summed E-state index contributed by atoms with van der Waals surface area (Å²) < 4.78 is 79.6. The molecule has 7 nitrogen and oxygen atoms in total. The molecule has 1 aromatic heterocycles. The van der Waals surface area contributed by atoms with Crippen molar-refractivity contribution in [3.05, 3.63) is 143 Å². The Hall–Kier alpha value is -5.46. The normalized spacial score (nSPS) is 14.4. The van der Waals surface area contributed by atoms with E-state index in [0.29, 0.717) is 24.4 Å². The van der Waals surface area contributed by atoms with Gasteiger partial charge in [0.2, 0.25) is 5.91 Å². The number of hydrogen-bond donors (Lipinski definition) is 1. The van der Waals surface area contributed by atoms with Crippen molar-refractivity contribution in [2.45, 2.75) is 30.7 Å². The number of amides is 1. The van der Waals surface area contributed by atoms with Gasteiger partial charge in [0, 0.05) is 12.1 Å². The average molecular weight is 654 g/mol. The lowest BCUT2D eigenvalue weighted by Gasteiger charge is -2.29. The highest BCUT2D eigenvalue weighted by Gasteiger charge is 2.49. The molecule has 1 aliphatic heterocycles. The van der Waals surface area contributed by atoms with E-state index in [9.17, 15) is 35.9 Å². The third kappa shape index (κ3) is 7.19. The zero-order valence-electron chi connectivity index (χ0n) is 24.3. The maximum Gasteiger partial charge on any atom is 0.416 e. The van der Waals surface area contributed by atoms with E-state index in [1.54, 1.807) is 4.90 Å². The van der Waals surface area contributed by atoms with E-state index < -0.39 is 34.9 Å². The fraction of sp³-hybridized carbons (Fsp3) is 0.176. The quantitative estimate of drug-likeness (QED) is 0.187. The Balaban J connectivity index is 0.000000281. The molecule has 2 heterocycles. The largest absolute Gasteiger partial charge is 0.478 e. The minimum atomic E-state index is -4.42. The summed E-state index contributed by atoms with van der Waals surface area (Å²) in [5.41, 5.74) is -0.341. The van der Waals surface area contributed by atoms with Crippen molar-refractivity contribution in [3.8, 4) is 11.5 Å². The van der Waals surface area contributed by atoms with E-state index in [1.165, 1.54) is 12.1 Å². The molecule has 0 spiro atoms. The van der Waals surface area contributed by atoms with Gasteiger partial charge in [-0.05, 0) is 66.1 Å². The fourth-order valence-corrected chi connectivity index (χ4v) is 5.29. The van der Waals surface area contributed by atoms with Gasteiger partial charge in [0.25, 0.3) is 5.89 Å². The van der Waals surface area contributed by atoms with Gasteiger partial charge in [-0.15, -0.1) is 0 Å². The molecule has 0 aliphatic carbocycles. The molecule has 0 atom stereocenters. The van der Waals surface area contributed by atoms with E-state index in [0.717, 1.165) is 47.5 Å². The molecule has 1 fully saturated rings. The summed E-state index contributed by atoms with van der Waals surface area (Å²) in [4.78, 5) is 30.1. The third-order valence-corrected chi connectivity index (χ3v) is 7.66. The van der Waals surface area contributed by atoms with Gasteiger partial charge in [0.1, 0.15) is 5.41 Å². The second-order valence-electron chi connectivity index (χ2n) is 10.6. The number of nitrogens with zero attached hydrogens (tertiary/aromatic N) is 3. The van der Waals surface area contributed by atoms with Gasteiger partial charge in [-0.2, -0.15) is 31.3 Å². The Morgan fingerprint density at radius 2 is 1.26 bits per heavy atom. The molecular weight excluding hydrogens is 628 g/mol. The highest BCUT2D eigenvalue weighted by Crippen LogP contribution is 2.42. The number of halogens is 6. The lowest BCUT2D eigenvalue weighted by atomic mass is 9.73. The molecule has 0 radical (unpaired) electrons. The van der Waals surface area contributed by atoms with Crippen LogP contribution in [0.3, 0.4) is 0 Å². The molecule has 1 aliphatic rings. The van der Waals surface area contributed by atoms with Crippen molar-refractivity contribution < 1.29 is 45.6 Å². The van der Waals surface area contributed by atoms with Gasteiger partial charge < -0.3 is 14.5 Å². The number of alkyl halides is 6. The predicted molar refractivity (Wildman–Crippen MR) is 157 cm³/mol. The molecule has 1 N–H and O–H groups in total. The van der Waals surface area contributed by atoms with E-state index in [1.807, 2.05) is 60.7 Å². The van der Waals surface area contributed by atoms with Crippen LogP contribution in [-0.2, 0) is 29.1 Å². The summed E-state index contributed by atoms with van der Waals surface area (Å²) in [5.74, 6) is -0.896.